The van der Waals surface area contributed by atoms with E-state index in [0.717, 1.165) is 33.0 Å². The Morgan fingerprint density at radius 3 is 2.47 bits per heavy atom. The molecule has 194 valence electrons. The van der Waals surface area contributed by atoms with E-state index in [4.69, 9.17) is 9.15 Å². The van der Waals surface area contributed by atoms with Gasteiger partial charge < -0.3 is 14.1 Å². The molecule has 0 saturated heterocycles. The van der Waals surface area contributed by atoms with E-state index in [1.165, 1.54) is 18.2 Å². The highest BCUT2D eigenvalue weighted by atomic mass is 32.2. The number of hydrogen-bond acceptors (Lipinski definition) is 6. The fraction of sp³-hybridized carbons (Fsp3) is 0.172. The molecule has 0 bridgehead atoms. The molecular formula is C29H26N2O6S. The van der Waals surface area contributed by atoms with E-state index < -0.39 is 27.7 Å². The number of aromatic amines is 1. The Morgan fingerprint density at radius 1 is 0.974 bits per heavy atom. The van der Waals surface area contributed by atoms with Crippen molar-refractivity contribution in [3.05, 3.63) is 106 Å². The molecule has 0 aliphatic heterocycles. The van der Waals surface area contributed by atoms with Gasteiger partial charge in [0, 0.05) is 40.5 Å². The van der Waals surface area contributed by atoms with E-state index in [2.05, 4.69) is 9.71 Å². The van der Waals surface area contributed by atoms with Gasteiger partial charge in [0.25, 0.3) is 0 Å². The molecule has 1 unspecified atom stereocenters. The van der Waals surface area contributed by atoms with Crippen molar-refractivity contribution >= 4 is 37.9 Å². The van der Waals surface area contributed by atoms with Crippen LogP contribution in [0.3, 0.4) is 0 Å². The van der Waals surface area contributed by atoms with E-state index in [1.54, 1.807) is 37.4 Å². The van der Waals surface area contributed by atoms with Crippen molar-refractivity contribution < 1.29 is 22.4 Å². The van der Waals surface area contributed by atoms with Gasteiger partial charge >= 0.3 is 11.6 Å². The lowest BCUT2D eigenvalue weighted by Gasteiger charge is -2.18. The molecule has 1 atom stereocenters. The van der Waals surface area contributed by atoms with Crippen molar-refractivity contribution in [3.8, 4) is 5.75 Å². The molecule has 0 amide bonds. The molecule has 5 rings (SSSR count). The van der Waals surface area contributed by atoms with Crippen LogP contribution in [0, 0.1) is 20.8 Å². The summed E-state index contributed by atoms with van der Waals surface area (Å²) in [6, 6.07) is 17.4. The van der Waals surface area contributed by atoms with E-state index >= 15 is 0 Å². The zero-order valence-electron chi connectivity index (χ0n) is 21.1. The number of aryl methyl sites for hydroxylation is 2. The predicted octanol–water partition coefficient (Wildman–Crippen LogP) is 4.69. The SMILES string of the molecule is Cc1ccc(S(=O)(=O)NC(Cc2c[nH]c3ccccc23)C(=O)Oc2ccc3c(C)c(C)c(=O)oc3c2)cc1. The summed E-state index contributed by atoms with van der Waals surface area (Å²) in [6.07, 6.45) is 1.80. The fourth-order valence-electron chi connectivity index (χ4n) is 4.35. The van der Waals surface area contributed by atoms with Crippen LogP contribution >= 0.6 is 0 Å². The summed E-state index contributed by atoms with van der Waals surface area (Å²) < 4.78 is 39.9. The van der Waals surface area contributed by atoms with Gasteiger partial charge in [-0.05, 0) is 62.2 Å². The van der Waals surface area contributed by atoms with Gasteiger partial charge in [-0.15, -0.1) is 0 Å². The molecule has 0 spiro atoms. The largest absolute Gasteiger partial charge is 0.425 e. The Balaban J connectivity index is 1.48. The Labute approximate surface area is 219 Å². The monoisotopic (exact) mass is 530 g/mol. The van der Waals surface area contributed by atoms with E-state index in [-0.39, 0.29) is 22.6 Å². The highest BCUT2D eigenvalue weighted by Crippen LogP contribution is 2.25. The van der Waals surface area contributed by atoms with Crippen LogP contribution in [0.2, 0.25) is 0 Å². The molecule has 3 aromatic carbocycles. The molecule has 0 saturated carbocycles. The number of benzene rings is 3. The van der Waals surface area contributed by atoms with Crippen molar-refractivity contribution in [2.75, 3.05) is 0 Å². The van der Waals surface area contributed by atoms with Crippen LogP contribution in [0.15, 0.2) is 87.0 Å². The summed E-state index contributed by atoms with van der Waals surface area (Å²) in [6.45, 7) is 5.36. The van der Waals surface area contributed by atoms with Gasteiger partial charge in [-0.2, -0.15) is 4.72 Å². The van der Waals surface area contributed by atoms with Crippen LogP contribution in [-0.4, -0.2) is 25.4 Å². The zero-order valence-corrected chi connectivity index (χ0v) is 21.9. The van der Waals surface area contributed by atoms with Gasteiger partial charge in [-0.1, -0.05) is 35.9 Å². The molecule has 38 heavy (non-hydrogen) atoms. The van der Waals surface area contributed by atoms with Crippen LogP contribution in [0.1, 0.15) is 22.3 Å². The highest BCUT2D eigenvalue weighted by molar-refractivity contribution is 7.89. The second-order valence-corrected chi connectivity index (χ2v) is 11.0. The highest BCUT2D eigenvalue weighted by Gasteiger charge is 2.29. The maximum Gasteiger partial charge on any atom is 0.339 e. The average molecular weight is 531 g/mol. The molecule has 0 aliphatic carbocycles. The molecular weight excluding hydrogens is 504 g/mol. The Morgan fingerprint density at radius 2 is 1.71 bits per heavy atom. The van der Waals surface area contributed by atoms with E-state index in [9.17, 15) is 18.0 Å². The smallest absolute Gasteiger partial charge is 0.339 e. The molecule has 0 radical (unpaired) electrons. The van der Waals surface area contributed by atoms with Crippen molar-refractivity contribution in [2.45, 2.75) is 38.1 Å². The molecule has 5 aromatic rings. The average Bonchev–Trinajstić information content (AvgIpc) is 3.30. The standard InChI is InChI=1S/C29H26N2O6S/c1-17-8-11-22(12-9-17)38(34,35)31-26(14-20-16-30-25-7-5-4-6-24(20)25)29(33)36-21-10-13-23-18(2)19(3)28(32)37-27(23)15-21/h4-13,15-16,26,30-31H,14H2,1-3H3. The minimum absolute atomic E-state index is 0.0400. The minimum Gasteiger partial charge on any atom is -0.425 e. The van der Waals surface area contributed by atoms with Crippen molar-refractivity contribution in [2.24, 2.45) is 0 Å². The van der Waals surface area contributed by atoms with Crippen molar-refractivity contribution in [3.63, 3.8) is 0 Å². The molecule has 9 heteroatoms. The van der Waals surface area contributed by atoms with Gasteiger partial charge in [0.05, 0.1) is 4.90 Å². The third-order valence-corrected chi connectivity index (χ3v) is 8.15. The number of carbonyl (C=O) groups excluding carboxylic acids is 1. The summed E-state index contributed by atoms with van der Waals surface area (Å²) in [5.41, 5.74) is 3.62. The number of sulfonamides is 1. The maximum absolute atomic E-state index is 13.4. The second-order valence-electron chi connectivity index (χ2n) is 9.27. The van der Waals surface area contributed by atoms with Crippen LogP contribution in [-0.2, 0) is 21.2 Å². The number of rotatable bonds is 7. The number of para-hydroxylation sites is 1. The number of ether oxygens (including phenoxy) is 1. The van der Waals surface area contributed by atoms with Gasteiger partial charge in [0.2, 0.25) is 10.0 Å². The molecule has 2 N–H and O–H groups in total. The second kappa shape index (κ2) is 9.92. The summed E-state index contributed by atoms with van der Waals surface area (Å²) in [5, 5.41) is 1.59. The van der Waals surface area contributed by atoms with Gasteiger partial charge in [0.15, 0.2) is 0 Å². The molecule has 0 aliphatic rings. The van der Waals surface area contributed by atoms with Gasteiger partial charge in [0.1, 0.15) is 17.4 Å². The Hall–Kier alpha value is -4.21. The summed E-state index contributed by atoms with van der Waals surface area (Å²) in [4.78, 5) is 28.7. The zero-order chi connectivity index (χ0) is 27.0. The first-order valence-electron chi connectivity index (χ1n) is 12.0. The lowest BCUT2D eigenvalue weighted by atomic mass is 10.1. The number of carbonyl (C=O) groups is 1. The summed E-state index contributed by atoms with van der Waals surface area (Å²) >= 11 is 0. The van der Waals surface area contributed by atoms with Crippen LogP contribution in [0.5, 0.6) is 5.75 Å². The first-order chi connectivity index (χ1) is 18.1. The minimum atomic E-state index is -4.04. The lowest BCUT2D eigenvalue weighted by Crippen LogP contribution is -2.44. The predicted molar refractivity (Wildman–Crippen MR) is 145 cm³/mol. The number of aromatic nitrogens is 1. The van der Waals surface area contributed by atoms with E-state index in [1.807, 2.05) is 38.1 Å². The van der Waals surface area contributed by atoms with Gasteiger partial charge in [-0.25, -0.2) is 18.0 Å². The quantitative estimate of drug-likeness (QED) is 0.179. The Bertz CT molecular complexity index is 1840. The molecule has 2 heterocycles. The number of hydrogen-bond donors (Lipinski definition) is 2. The molecule has 8 nitrogen and oxygen atoms in total. The fourth-order valence-corrected chi connectivity index (χ4v) is 5.53. The van der Waals surface area contributed by atoms with Crippen LogP contribution < -0.4 is 15.1 Å². The number of fused-ring (bicyclic) bond motifs is 2. The summed E-state index contributed by atoms with van der Waals surface area (Å²) in [5.74, 6) is -0.663. The molecule has 2 aromatic heterocycles. The van der Waals surface area contributed by atoms with Crippen LogP contribution in [0.4, 0.5) is 0 Å². The topological polar surface area (TPSA) is 118 Å². The lowest BCUT2D eigenvalue weighted by molar-refractivity contribution is -0.136. The number of nitrogens with one attached hydrogen (secondary N) is 2. The maximum atomic E-state index is 13.4. The van der Waals surface area contributed by atoms with Gasteiger partial charge in [-0.3, -0.25) is 0 Å². The normalized spacial score (nSPS) is 12.6. The third-order valence-electron chi connectivity index (χ3n) is 6.66. The molecule has 0 fully saturated rings. The Kier molecular flexibility index (Phi) is 6.64. The van der Waals surface area contributed by atoms with Crippen LogP contribution in [0.25, 0.3) is 21.9 Å². The first-order valence-corrected chi connectivity index (χ1v) is 13.5. The van der Waals surface area contributed by atoms with E-state index in [0.29, 0.717) is 5.56 Å². The van der Waals surface area contributed by atoms with Crippen molar-refractivity contribution in [1.29, 1.82) is 0 Å². The summed E-state index contributed by atoms with van der Waals surface area (Å²) in [7, 11) is -4.04. The number of esters is 1. The third kappa shape index (κ3) is 4.98. The number of H-pyrrole nitrogens is 1. The first kappa shape index (κ1) is 25.4. The van der Waals surface area contributed by atoms with Crippen molar-refractivity contribution in [1.82, 2.24) is 9.71 Å².